The molecular formula is C19H24BrN3O. The van der Waals surface area contributed by atoms with Crippen LogP contribution in [0.4, 0.5) is 0 Å². The molecule has 0 saturated heterocycles. The van der Waals surface area contributed by atoms with E-state index in [-0.39, 0.29) is 11.9 Å². The van der Waals surface area contributed by atoms with E-state index in [1.807, 2.05) is 6.07 Å². The van der Waals surface area contributed by atoms with Crippen molar-refractivity contribution in [1.82, 2.24) is 15.2 Å². The lowest BCUT2D eigenvalue weighted by Gasteiger charge is -2.30. The van der Waals surface area contributed by atoms with E-state index in [0.29, 0.717) is 12.1 Å². The quantitative estimate of drug-likeness (QED) is 0.750. The second-order valence-electron chi connectivity index (χ2n) is 5.67. The highest BCUT2D eigenvalue weighted by Crippen LogP contribution is 2.11. The molecule has 0 aliphatic carbocycles. The van der Waals surface area contributed by atoms with Crippen molar-refractivity contribution >= 4 is 21.8 Å². The predicted octanol–water partition coefficient (Wildman–Crippen LogP) is 3.53. The van der Waals surface area contributed by atoms with Gasteiger partial charge in [0, 0.05) is 29.5 Å². The van der Waals surface area contributed by atoms with Gasteiger partial charge < -0.3 is 5.32 Å². The first-order chi connectivity index (χ1) is 11.6. The lowest BCUT2D eigenvalue weighted by Crippen LogP contribution is -2.45. The number of amides is 1. The van der Waals surface area contributed by atoms with Crippen molar-refractivity contribution in [3.63, 3.8) is 0 Å². The molecule has 5 heteroatoms. The van der Waals surface area contributed by atoms with Crippen LogP contribution in [0.5, 0.6) is 0 Å². The van der Waals surface area contributed by atoms with Gasteiger partial charge in [-0.3, -0.25) is 14.7 Å². The molecule has 0 bridgehead atoms. The second kappa shape index (κ2) is 9.55. The average molecular weight is 390 g/mol. The smallest absolute Gasteiger partial charge is 0.252 e. The predicted molar refractivity (Wildman–Crippen MR) is 101 cm³/mol. The molecule has 1 unspecified atom stereocenters. The van der Waals surface area contributed by atoms with Crippen LogP contribution in [-0.4, -0.2) is 41.5 Å². The topological polar surface area (TPSA) is 45.2 Å². The Morgan fingerprint density at radius 1 is 1.21 bits per heavy atom. The Morgan fingerprint density at radius 2 is 1.92 bits per heavy atom. The van der Waals surface area contributed by atoms with Gasteiger partial charge in [-0.05, 0) is 47.1 Å². The van der Waals surface area contributed by atoms with Crippen LogP contribution in [0, 0.1) is 0 Å². The van der Waals surface area contributed by atoms with E-state index >= 15 is 0 Å². The van der Waals surface area contributed by atoms with E-state index < -0.39 is 0 Å². The number of likely N-dealkylation sites (N-methyl/N-ethyl adjacent to an activating group) is 1. The van der Waals surface area contributed by atoms with Gasteiger partial charge in [-0.2, -0.15) is 0 Å². The Labute approximate surface area is 152 Å². The van der Waals surface area contributed by atoms with E-state index in [2.05, 4.69) is 69.2 Å². The lowest BCUT2D eigenvalue weighted by atomic mass is 10.0. The van der Waals surface area contributed by atoms with Gasteiger partial charge in [0.2, 0.25) is 0 Å². The van der Waals surface area contributed by atoms with Crippen LogP contribution in [0.3, 0.4) is 0 Å². The van der Waals surface area contributed by atoms with E-state index in [1.165, 1.54) is 5.56 Å². The third-order valence-corrected chi connectivity index (χ3v) is 4.54. The number of carbonyl (C=O) groups excluding carboxylic acids is 1. The van der Waals surface area contributed by atoms with Crippen molar-refractivity contribution in [3.8, 4) is 0 Å². The maximum absolute atomic E-state index is 12.4. The summed E-state index contributed by atoms with van der Waals surface area (Å²) in [4.78, 5) is 18.8. The molecule has 1 aromatic heterocycles. The molecule has 0 fully saturated rings. The number of nitrogens with zero attached hydrogens (tertiary/aromatic N) is 2. The van der Waals surface area contributed by atoms with Crippen molar-refractivity contribution in [1.29, 1.82) is 0 Å². The number of rotatable bonds is 8. The molecule has 0 aliphatic heterocycles. The van der Waals surface area contributed by atoms with Gasteiger partial charge in [-0.15, -0.1) is 0 Å². The van der Waals surface area contributed by atoms with Gasteiger partial charge in [-0.25, -0.2) is 0 Å². The summed E-state index contributed by atoms with van der Waals surface area (Å²) in [5.74, 6) is -0.0889. The van der Waals surface area contributed by atoms with Crippen molar-refractivity contribution in [2.24, 2.45) is 0 Å². The van der Waals surface area contributed by atoms with E-state index in [9.17, 15) is 4.79 Å². The molecular weight excluding hydrogens is 366 g/mol. The number of aromatic nitrogens is 1. The molecule has 1 atom stereocenters. The fourth-order valence-corrected chi connectivity index (χ4v) is 3.17. The number of nitrogens with one attached hydrogen (secondary N) is 1. The van der Waals surface area contributed by atoms with Crippen LogP contribution >= 0.6 is 15.9 Å². The molecule has 128 valence electrons. The lowest BCUT2D eigenvalue weighted by molar-refractivity contribution is 0.0934. The van der Waals surface area contributed by atoms with Gasteiger partial charge in [-0.1, -0.05) is 44.2 Å². The van der Waals surface area contributed by atoms with E-state index in [0.717, 1.165) is 24.0 Å². The van der Waals surface area contributed by atoms with E-state index in [4.69, 9.17) is 0 Å². The van der Waals surface area contributed by atoms with Crippen LogP contribution in [0.1, 0.15) is 29.8 Å². The molecule has 1 amide bonds. The zero-order valence-electron chi connectivity index (χ0n) is 14.2. The van der Waals surface area contributed by atoms with Crippen molar-refractivity contribution in [3.05, 3.63) is 64.4 Å². The van der Waals surface area contributed by atoms with Crippen LogP contribution in [0.15, 0.2) is 53.3 Å². The van der Waals surface area contributed by atoms with Gasteiger partial charge in [0.1, 0.15) is 0 Å². The number of carbonyl (C=O) groups is 1. The van der Waals surface area contributed by atoms with Gasteiger partial charge >= 0.3 is 0 Å². The zero-order valence-corrected chi connectivity index (χ0v) is 15.8. The minimum Gasteiger partial charge on any atom is -0.350 e. The maximum atomic E-state index is 12.4. The Balaban J connectivity index is 2.03. The number of pyridine rings is 1. The summed E-state index contributed by atoms with van der Waals surface area (Å²) in [6, 6.07) is 12.5. The second-order valence-corrected chi connectivity index (χ2v) is 6.58. The largest absolute Gasteiger partial charge is 0.350 e. The molecule has 1 aromatic carbocycles. The third-order valence-electron chi connectivity index (χ3n) is 4.11. The zero-order chi connectivity index (χ0) is 17.4. The summed E-state index contributed by atoms with van der Waals surface area (Å²) in [6.45, 7) is 6.84. The fraction of sp³-hybridized carbons (Fsp3) is 0.368. The summed E-state index contributed by atoms with van der Waals surface area (Å²) in [5.41, 5.74) is 1.86. The highest BCUT2D eigenvalue weighted by molar-refractivity contribution is 9.10. The van der Waals surface area contributed by atoms with Crippen LogP contribution in [-0.2, 0) is 6.42 Å². The Hall–Kier alpha value is -1.72. The Kier molecular flexibility index (Phi) is 7.40. The number of hydrogen-bond donors (Lipinski definition) is 1. The van der Waals surface area contributed by atoms with Crippen molar-refractivity contribution in [2.75, 3.05) is 19.6 Å². The highest BCUT2D eigenvalue weighted by atomic mass is 79.9. The molecule has 2 rings (SSSR count). The molecule has 24 heavy (non-hydrogen) atoms. The van der Waals surface area contributed by atoms with Crippen molar-refractivity contribution < 1.29 is 4.79 Å². The average Bonchev–Trinajstić information content (AvgIpc) is 2.61. The first-order valence-corrected chi connectivity index (χ1v) is 9.10. The molecule has 0 saturated carbocycles. The summed E-state index contributed by atoms with van der Waals surface area (Å²) in [6.07, 6.45) is 4.17. The first-order valence-electron chi connectivity index (χ1n) is 8.30. The van der Waals surface area contributed by atoms with Crippen LogP contribution in [0.2, 0.25) is 0 Å². The molecule has 0 radical (unpaired) electrons. The minimum atomic E-state index is -0.0889. The summed E-state index contributed by atoms with van der Waals surface area (Å²) < 4.78 is 0.805. The van der Waals surface area contributed by atoms with Gasteiger partial charge in [0.15, 0.2) is 0 Å². The van der Waals surface area contributed by atoms with Crippen LogP contribution in [0.25, 0.3) is 0 Å². The maximum Gasteiger partial charge on any atom is 0.252 e. The van der Waals surface area contributed by atoms with Crippen molar-refractivity contribution in [2.45, 2.75) is 26.3 Å². The molecule has 0 spiro atoms. The standard InChI is InChI=1S/C19H24BrN3O/c1-3-23(4-2)18(10-15-8-6-5-7-9-15)14-22-19(24)16-11-17(20)13-21-12-16/h5-9,11-13,18H,3-4,10,14H2,1-2H3,(H,22,24). The number of hydrogen-bond acceptors (Lipinski definition) is 3. The van der Waals surface area contributed by atoms with Crippen LogP contribution < -0.4 is 5.32 Å². The molecule has 0 aliphatic rings. The SMILES string of the molecule is CCN(CC)C(CNC(=O)c1cncc(Br)c1)Cc1ccccc1. The summed E-state index contributed by atoms with van der Waals surface area (Å²) in [5, 5.41) is 3.05. The Morgan fingerprint density at radius 3 is 2.54 bits per heavy atom. The Bertz CT molecular complexity index is 644. The normalized spacial score (nSPS) is 12.2. The number of benzene rings is 1. The summed E-state index contributed by atoms with van der Waals surface area (Å²) in [7, 11) is 0. The molecule has 1 N–H and O–H groups in total. The summed E-state index contributed by atoms with van der Waals surface area (Å²) >= 11 is 3.35. The third kappa shape index (κ3) is 5.42. The first kappa shape index (κ1) is 18.6. The molecule has 1 heterocycles. The molecule has 4 nitrogen and oxygen atoms in total. The highest BCUT2D eigenvalue weighted by Gasteiger charge is 2.18. The van der Waals surface area contributed by atoms with Gasteiger partial charge in [0.25, 0.3) is 5.91 Å². The molecule has 2 aromatic rings. The number of halogens is 1. The van der Waals surface area contributed by atoms with Gasteiger partial charge in [0.05, 0.1) is 5.56 Å². The van der Waals surface area contributed by atoms with E-state index in [1.54, 1.807) is 18.5 Å². The monoisotopic (exact) mass is 389 g/mol. The fourth-order valence-electron chi connectivity index (χ4n) is 2.81. The minimum absolute atomic E-state index is 0.0889.